The van der Waals surface area contributed by atoms with Gasteiger partial charge in [-0.1, -0.05) is 0 Å². The highest BCUT2D eigenvalue weighted by atomic mass is 16.7. The first-order valence-electron chi connectivity index (χ1n) is 3.82. The molecule has 0 amide bonds. The van der Waals surface area contributed by atoms with Crippen molar-refractivity contribution >= 4 is 17.9 Å². The van der Waals surface area contributed by atoms with Crippen LogP contribution < -0.4 is 17.7 Å². The summed E-state index contributed by atoms with van der Waals surface area (Å²) < 4.78 is 0. The van der Waals surface area contributed by atoms with E-state index in [4.69, 9.17) is 0 Å². The molecule has 0 fully saturated rings. The van der Waals surface area contributed by atoms with Crippen LogP contribution in [-0.2, 0) is 28.9 Å². The number of hydrogen-bond donors (Lipinski definition) is 4. The standard InChI is InChI=1S/C6H11N3O7/c7-14-3(10)1-6(13,5(12)16-9)2-4(11)15-8/h13H,1-2,7-9H2. The molecule has 0 bridgehead atoms. The number of hydrogen-bond acceptors (Lipinski definition) is 10. The van der Waals surface area contributed by atoms with E-state index >= 15 is 0 Å². The van der Waals surface area contributed by atoms with Crippen molar-refractivity contribution in [1.29, 1.82) is 0 Å². The average Bonchev–Trinajstić information content (AvgIpc) is 2.27. The summed E-state index contributed by atoms with van der Waals surface area (Å²) in [4.78, 5) is 43.8. The molecule has 0 rings (SSSR count). The highest BCUT2D eigenvalue weighted by Gasteiger charge is 2.43. The monoisotopic (exact) mass is 237 g/mol. The van der Waals surface area contributed by atoms with Crippen molar-refractivity contribution in [3.8, 4) is 0 Å². The molecule has 0 aromatic carbocycles. The first-order valence-corrected chi connectivity index (χ1v) is 3.82. The second-order valence-corrected chi connectivity index (χ2v) is 2.77. The van der Waals surface area contributed by atoms with E-state index in [2.05, 4.69) is 32.2 Å². The van der Waals surface area contributed by atoms with Crippen molar-refractivity contribution in [1.82, 2.24) is 0 Å². The van der Waals surface area contributed by atoms with Crippen molar-refractivity contribution in [2.24, 2.45) is 17.7 Å². The lowest BCUT2D eigenvalue weighted by Crippen LogP contribution is -2.46. The van der Waals surface area contributed by atoms with E-state index in [1.807, 2.05) is 0 Å². The van der Waals surface area contributed by atoms with Gasteiger partial charge in [-0.2, -0.15) is 17.7 Å². The van der Waals surface area contributed by atoms with Gasteiger partial charge in [0.25, 0.3) is 0 Å². The molecule has 0 aliphatic heterocycles. The molecule has 0 saturated carbocycles. The second-order valence-electron chi connectivity index (χ2n) is 2.77. The predicted molar refractivity (Wildman–Crippen MR) is 45.0 cm³/mol. The van der Waals surface area contributed by atoms with E-state index in [-0.39, 0.29) is 0 Å². The summed E-state index contributed by atoms with van der Waals surface area (Å²) in [5, 5.41) is 9.62. The van der Waals surface area contributed by atoms with E-state index in [0.717, 1.165) is 0 Å². The Hall–Kier alpha value is -1.75. The van der Waals surface area contributed by atoms with Gasteiger partial charge < -0.3 is 19.6 Å². The van der Waals surface area contributed by atoms with Gasteiger partial charge in [-0.3, -0.25) is 9.59 Å². The topological polar surface area (TPSA) is 177 Å². The molecular formula is C6H11N3O7. The van der Waals surface area contributed by atoms with E-state index in [0.29, 0.717) is 0 Å². The first-order chi connectivity index (χ1) is 7.39. The SMILES string of the molecule is NOC(=O)CC(O)(CC(=O)ON)C(=O)ON. The lowest BCUT2D eigenvalue weighted by molar-refractivity contribution is -0.178. The zero-order valence-corrected chi connectivity index (χ0v) is 8.04. The van der Waals surface area contributed by atoms with Crippen molar-refractivity contribution in [3.63, 3.8) is 0 Å². The fourth-order valence-corrected chi connectivity index (χ4v) is 0.877. The second kappa shape index (κ2) is 5.97. The molecule has 0 aliphatic carbocycles. The third-order valence-corrected chi connectivity index (χ3v) is 1.62. The van der Waals surface area contributed by atoms with E-state index in [9.17, 15) is 19.5 Å². The number of aliphatic hydroxyl groups is 1. The Kier molecular flexibility index (Phi) is 5.32. The van der Waals surface area contributed by atoms with Gasteiger partial charge >= 0.3 is 17.9 Å². The van der Waals surface area contributed by atoms with Gasteiger partial charge in [0.05, 0.1) is 12.8 Å². The Labute approximate surface area is 89.1 Å². The molecule has 0 saturated heterocycles. The molecule has 0 unspecified atom stereocenters. The summed E-state index contributed by atoms with van der Waals surface area (Å²) in [5.74, 6) is 9.78. The maximum absolute atomic E-state index is 11.0. The van der Waals surface area contributed by atoms with Crippen LogP contribution in [-0.4, -0.2) is 28.6 Å². The molecule has 0 heterocycles. The number of carbonyl (C=O) groups excluding carboxylic acids is 3. The van der Waals surface area contributed by atoms with E-state index in [1.54, 1.807) is 0 Å². The Morgan fingerprint density at radius 3 is 1.56 bits per heavy atom. The van der Waals surface area contributed by atoms with Gasteiger partial charge in [0, 0.05) is 0 Å². The third kappa shape index (κ3) is 3.78. The molecule has 0 radical (unpaired) electrons. The average molecular weight is 237 g/mol. The fourth-order valence-electron chi connectivity index (χ4n) is 0.877. The molecule has 0 spiro atoms. The lowest BCUT2D eigenvalue weighted by Gasteiger charge is -2.21. The molecular weight excluding hydrogens is 226 g/mol. The maximum atomic E-state index is 11.0. The Balaban J connectivity index is 4.81. The minimum Gasteiger partial charge on any atom is -0.377 e. The zero-order chi connectivity index (χ0) is 12.8. The normalized spacial score (nSPS) is 10.5. The molecule has 0 aromatic heterocycles. The highest BCUT2D eigenvalue weighted by molar-refractivity contribution is 5.89. The van der Waals surface area contributed by atoms with Crippen molar-refractivity contribution in [3.05, 3.63) is 0 Å². The molecule has 0 aromatic rings. The van der Waals surface area contributed by atoms with Crippen LogP contribution >= 0.6 is 0 Å². The van der Waals surface area contributed by atoms with Gasteiger partial charge in [0.1, 0.15) is 0 Å². The smallest absolute Gasteiger partial charge is 0.357 e. The Bertz CT molecular complexity index is 274. The highest BCUT2D eigenvalue weighted by Crippen LogP contribution is 2.18. The Morgan fingerprint density at radius 1 is 0.938 bits per heavy atom. The summed E-state index contributed by atoms with van der Waals surface area (Å²) in [6.07, 6.45) is -1.87. The molecule has 92 valence electrons. The van der Waals surface area contributed by atoms with Gasteiger partial charge in [-0.15, -0.1) is 0 Å². The molecule has 16 heavy (non-hydrogen) atoms. The molecule has 7 N–H and O–H groups in total. The van der Waals surface area contributed by atoms with Crippen LogP contribution in [0, 0.1) is 0 Å². The zero-order valence-electron chi connectivity index (χ0n) is 8.04. The van der Waals surface area contributed by atoms with E-state index in [1.165, 1.54) is 0 Å². The van der Waals surface area contributed by atoms with Crippen LogP contribution in [0.25, 0.3) is 0 Å². The quantitative estimate of drug-likeness (QED) is 0.355. The van der Waals surface area contributed by atoms with Crippen molar-refractivity contribution in [2.45, 2.75) is 18.4 Å². The summed E-state index contributed by atoms with van der Waals surface area (Å²) >= 11 is 0. The molecule has 0 aliphatic rings. The van der Waals surface area contributed by atoms with E-state index < -0.39 is 36.4 Å². The first kappa shape index (κ1) is 14.2. The minimum absolute atomic E-state index is 0.936. The minimum atomic E-state index is -2.54. The number of rotatable bonds is 5. The van der Waals surface area contributed by atoms with Gasteiger partial charge in [0.2, 0.25) is 0 Å². The number of carbonyl (C=O) groups is 3. The summed E-state index contributed by atoms with van der Waals surface area (Å²) in [6, 6.07) is 0. The van der Waals surface area contributed by atoms with Gasteiger partial charge in [-0.25, -0.2) is 4.79 Å². The van der Waals surface area contributed by atoms with Crippen molar-refractivity contribution in [2.75, 3.05) is 0 Å². The van der Waals surface area contributed by atoms with Crippen LogP contribution in [0.1, 0.15) is 12.8 Å². The van der Waals surface area contributed by atoms with Crippen LogP contribution in [0.15, 0.2) is 0 Å². The molecule has 10 heteroatoms. The lowest BCUT2D eigenvalue weighted by atomic mass is 9.96. The van der Waals surface area contributed by atoms with Crippen LogP contribution in [0.3, 0.4) is 0 Å². The van der Waals surface area contributed by atoms with Gasteiger partial charge in [0.15, 0.2) is 5.60 Å². The van der Waals surface area contributed by atoms with Crippen LogP contribution in [0.4, 0.5) is 0 Å². The van der Waals surface area contributed by atoms with Gasteiger partial charge in [-0.05, 0) is 0 Å². The maximum Gasteiger partial charge on any atom is 0.357 e. The molecule has 10 nitrogen and oxygen atoms in total. The largest absolute Gasteiger partial charge is 0.377 e. The molecule has 0 atom stereocenters. The summed E-state index contributed by atoms with van der Waals surface area (Å²) in [5.41, 5.74) is -2.54. The van der Waals surface area contributed by atoms with Crippen LogP contribution in [0.5, 0.6) is 0 Å². The Morgan fingerprint density at radius 2 is 1.31 bits per heavy atom. The fraction of sp³-hybridized carbons (Fsp3) is 0.500. The van der Waals surface area contributed by atoms with Crippen molar-refractivity contribution < 1.29 is 34.0 Å². The van der Waals surface area contributed by atoms with Crippen LogP contribution in [0.2, 0.25) is 0 Å². The number of nitrogens with two attached hydrogens (primary N) is 3. The summed E-state index contributed by atoms with van der Waals surface area (Å²) in [7, 11) is 0. The third-order valence-electron chi connectivity index (χ3n) is 1.62. The summed E-state index contributed by atoms with van der Waals surface area (Å²) in [6.45, 7) is 0. The predicted octanol–water partition coefficient (Wildman–Crippen LogP) is -3.25.